The first kappa shape index (κ1) is 26.1. The number of rotatable bonds is 5. The van der Waals surface area contributed by atoms with Crippen molar-refractivity contribution < 1.29 is 24.6 Å². The molecule has 0 bridgehead atoms. The number of fused-ring (bicyclic) bond motifs is 5. The lowest BCUT2D eigenvalue weighted by Gasteiger charge is -2.60. The molecule has 4 rings (SSSR count). The van der Waals surface area contributed by atoms with Crippen LogP contribution in [0.3, 0.4) is 0 Å². The van der Waals surface area contributed by atoms with Crippen LogP contribution in [0.25, 0.3) is 0 Å². The van der Waals surface area contributed by atoms with Gasteiger partial charge in [0.2, 0.25) is 0 Å². The highest BCUT2D eigenvalue weighted by molar-refractivity contribution is 5.91. The second kappa shape index (κ2) is 8.26. The summed E-state index contributed by atoms with van der Waals surface area (Å²) in [5.74, 6) is -2.20. The van der Waals surface area contributed by atoms with Gasteiger partial charge >= 0.3 is 5.97 Å². The Hall–Kier alpha value is -2.01. The van der Waals surface area contributed by atoms with Crippen molar-refractivity contribution in [1.29, 1.82) is 0 Å². The molecule has 0 unspecified atom stereocenters. The molecule has 4 aliphatic carbocycles. The fraction of sp³-hybridized carbons (Fsp3) is 0.700. The van der Waals surface area contributed by atoms with E-state index >= 15 is 0 Å². The number of aliphatic hydroxyl groups excluding tert-OH is 1. The molecule has 192 valence electrons. The van der Waals surface area contributed by atoms with Crippen LogP contribution >= 0.6 is 0 Å². The second-order valence-electron chi connectivity index (χ2n) is 13.1. The molecule has 0 spiro atoms. The van der Waals surface area contributed by atoms with Gasteiger partial charge in [-0.1, -0.05) is 58.4 Å². The van der Waals surface area contributed by atoms with Crippen LogP contribution in [0.1, 0.15) is 87.0 Å². The second-order valence-corrected chi connectivity index (χ2v) is 13.1. The summed E-state index contributed by atoms with van der Waals surface area (Å²) >= 11 is 0. The zero-order valence-electron chi connectivity index (χ0n) is 22.4. The Morgan fingerprint density at radius 2 is 1.80 bits per heavy atom. The number of ketones is 2. The molecule has 0 radical (unpaired) electrons. The first-order valence-electron chi connectivity index (χ1n) is 13.1. The van der Waals surface area contributed by atoms with Gasteiger partial charge in [-0.15, -0.1) is 0 Å². The third kappa shape index (κ3) is 3.55. The van der Waals surface area contributed by atoms with Crippen LogP contribution in [0, 0.1) is 39.4 Å². The van der Waals surface area contributed by atoms with Gasteiger partial charge in [0, 0.05) is 35.5 Å². The third-order valence-electron chi connectivity index (χ3n) is 10.5. The number of aliphatic carboxylic acids is 1. The number of hydrogen-bond acceptors (Lipinski definition) is 4. The highest BCUT2D eigenvalue weighted by atomic mass is 16.4. The van der Waals surface area contributed by atoms with E-state index in [0.717, 1.165) is 11.1 Å². The Balaban J connectivity index is 1.80. The molecule has 2 N–H and O–H groups in total. The topological polar surface area (TPSA) is 91.7 Å². The lowest BCUT2D eigenvalue weighted by molar-refractivity contribution is -0.149. The maximum Gasteiger partial charge on any atom is 0.307 e. The Morgan fingerprint density at radius 1 is 1.14 bits per heavy atom. The molecule has 7 atom stereocenters. The van der Waals surface area contributed by atoms with E-state index in [4.69, 9.17) is 0 Å². The molecule has 4 aliphatic rings. The Morgan fingerprint density at radius 3 is 2.40 bits per heavy atom. The number of Topliss-reactive ketones (excluding diaryl/α,β-unsaturated/α-hetero) is 2. The van der Waals surface area contributed by atoms with Gasteiger partial charge in [-0.3, -0.25) is 14.4 Å². The number of carbonyl (C=O) groups excluding carboxylic acids is 2. The van der Waals surface area contributed by atoms with Crippen LogP contribution in [-0.2, 0) is 14.4 Å². The van der Waals surface area contributed by atoms with Crippen molar-refractivity contribution >= 4 is 17.5 Å². The molecule has 5 heteroatoms. The predicted octanol–water partition coefficient (Wildman–Crippen LogP) is 5.68. The van der Waals surface area contributed by atoms with Gasteiger partial charge in [0.25, 0.3) is 0 Å². The number of carboxylic acids is 1. The minimum absolute atomic E-state index is 0.0241. The summed E-state index contributed by atoms with van der Waals surface area (Å²) in [7, 11) is 0. The van der Waals surface area contributed by atoms with Gasteiger partial charge in [-0.05, 0) is 61.5 Å². The zero-order valence-corrected chi connectivity index (χ0v) is 22.4. The van der Waals surface area contributed by atoms with E-state index in [1.807, 2.05) is 39.8 Å². The summed E-state index contributed by atoms with van der Waals surface area (Å²) in [6, 6.07) is 0. The molecule has 0 heterocycles. The van der Waals surface area contributed by atoms with E-state index in [2.05, 4.69) is 26.8 Å². The average Bonchev–Trinajstić information content (AvgIpc) is 2.94. The molecular weight excluding hydrogens is 440 g/mol. The normalized spacial score (nSPS) is 40.6. The molecule has 2 saturated carbocycles. The monoisotopic (exact) mass is 482 g/mol. The summed E-state index contributed by atoms with van der Waals surface area (Å²) < 4.78 is 0. The maximum absolute atomic E-state index is 13.6. The highest BCUT2D eigenvalue weighted by Crippen LogP contribution is 2.70. The molecule has 0 aromatic carbocycles. The Kier molecular flexibility index (Phi) is 6.15. The Bertz CT molecular complexity index is 1060. The molecule has 0 aliphatic heterocycles. The van der Waals surface area contributed by atoms with Crippen LogP contribution < -0.4 is 0 Å². The molecular formula is C30H42O5. The first-order valence-corrected chi connectivity index (χ1v) is 13.1. The average molecular weight is 483 g/mol. The van der Waals surface area contributed by atoms with E-state index < -0.39 is 40.2 Å². The Labute approximate surface area is 209 Å². The van der Waals surface area contributed by atoms with E-state index in [1.54, 1.807) is 0 Å². The summed E-state index contributed by atoms with van der Waals surface area (Å²) in [6.07, 6.45) is 8.56. The van der Waals surface area contributed by atoms with E-state index in [9.17, 15) is 24.6 Å². The van der Waals surface area contributed by atoms with Gasteiger partial charge in [0.1, 0.15) is 11.6 Å². The van der Waals surface area contributed by atoms with E-state index in [0.29, 0.717) is 38.5 Å². The van der Waals surface area contributed by atoms with Crippen molar-refractivity contribution in [3.05, 3.63) is 34.9 Å². The van der Waals surface area contributed by atoms with Gasteiger partial charge in [0.15, 0.2) is 0 Å². The van der Waals surface area contributed by atoms with Crippen molar-refractivity contribution in [2.45, 2.75) is 93.1 Å². The van der Waals surface area contributed by atoms with Crippen molar-refractivity contribution in [2.75, 3.05) is 0 Å². The van der Waals surface area contributed by atoms with Gasteiger partial charge in [0.05, 0.1) is 12.0 Å². The van der Waals surface area contributed by atoms with Crippen molar-refractivity contribution in [3.8, 4) is 0 Å². The number of carbonyl (C=O) groups is 3. The van der Waals surface area contributed by atoms with Crippen LogP contribution in [0.15, 0.2) is 34.9 Å². The molecule has 2 fully saturated rings. The van der Waals surface area contributed by atoms with Crippen molar-refractivity contribution in [1.82, 2.24) is 0 Å². The van der Waals surface area contributed by atoms with Gasteiger partial charge in [-0.25, -0.2) is 0 Å². The van der Waals surface area contributed by atoms with Gasteiger partial charge in [-0.2, -0.15) is 0 Å². The molecule has 0 amide bonds. The number of allylic oxidation sites excluding steroid dienone is 5. The standard InChI is InChI=1S/C30H42O5/c1-17(2)9-8-10-18(26(34)35)24-22(32)16-30(7)20-15-21(31)25-27(3,4)23(33)12-13-28(25,5)19(20)11-14-29(24,30)6/h9,11,15,18,21,24-25,31H,8,10,12-14,16H2,1-7H3,(H,34,35)/t18-,21+,24+,25+,28-,29-,30+/m1/s1. The molecule has 0 aromatic heterocycles. The largest absolute Gasteiger partial charge is 0.481 e. The molecule has 0 saturated heterocycles. The van der Waals surface area contributed by atoms with Crippen molar-refractivity contribution in [2.24, 2.45) is 39.4 Å². The van der Waals surface area contributed by atoms with Crippen LogP contribution in [0.5, 0.6) is 0 Å². The smallest absolute Gasteiger partial charge is 0.307 e. The minimum atomic E-state index is -0.900. The maximum atomic E-state index is 13.6. The summed E-state index contributed by atoms with van der Waals surface area (Å²) in [5.41, 5.74) is 1.23. The fourth-order valence-corrected chi connectivity index (χ4v) is 8.50. The van der Waals surface area contributed by atoms with Gasteiger partial charge < -0.3 is 10.2 Å². The van der Waals surface area contributed by atoms with Crippen LogP contribution in [0.4, 0.5) is 0 Å². The van der Waals surface area contributed by atoms with Crippen LogP contribution in [0.2, 0.25) is 0 Å². The van der Waals surface area contributed by atoms with E-state index in [1.165, 1.54) is 5.57 Å². The summed E-state index contributed by atoms with van der Waals surface area (Å²) in [5, 5.41) is 21.6. The fourth-order valence-electron chi connectivity index (χ4n) is 8.50. The minimum Gasteiger partial charge on any atom is -0.481 e. The zero-order chi connectivity index (χ0) is 26.1. The first-order chi connectivity index (χ1) is 16.1. The summed E-state index contributed by atoms with van der Waals surface area (Å²) in [4.78, 5) is 38.9. The summed E-state index contributed by atoms with van der Waals surface area (Å²) in [6.45, 7) is 14.3. The van der Waals surface area contributed by atoms with Crippen LogP contribution in [-0.4, -0.2) is 33.9 Å². The quantitative estimate of drug-likeness (QED) is 0.492. The molecule has 0 aromatic rings. The third-order valence-corrected chi connectivity index (χ3v) is 10.5. The molecule has 35 heavy (non-hydrogen) atoms. The number of carboxylic acid groups (broad SMARTS) is 1. The van der Waals surface area contributed by atoms with E-state index in [-0.39, 0.29) is 22.9 Å². The lowest BCUT2D eigenvalue weighted by atomic mass is 9.43. The lowest BCUT2D eigenvalue weighted by Crippen LogP contribution is -2.57. The molecule has 5 nitrogen and oxygen atoms in total. The SMILES string of the molecule is CC(C)=CCC[C@@H](C(=O)O)[C@H]1C(=O)C[C@@]2(C)C3=C[C@H](O)[C@H]4C(C)(C)C(=O)CC[C@]4(C)C3=CC[C@]12C. The number of aliphatic hydroxyl groups is 1. The highest BCUT2D eigenvalue weighted by Gasteiger charge is 2.67. The number of hydrogen-bond donors (Lipinski definition) is 2. The predicted molar refractivity (Wildman–Crippen MR) is 136 cm³/mol. The van der Waals surface area contributed by atoms with Crippen molar-refractivity contribution in [3.63, 3.8) is 0 Å².